The number of hydrogen-bond acceptors (Lipinski definition) is 1. The van der Waals surface area contributed by atoms with E-state index in [9.17, 15) is 0 Å². The van der Waals surface area contributed by atoms with E-state index in [4.69, 9.17) is 4.74 Å². The van der Waals surface area contributed by atoms with Crippen molar-refractivity contribution in [1.29, 1.82) is 0 Å². The molecule has 2 heteroatoms. The molecule has 1 heterocycles. The van der Waals surface area contributed by atoms with Crippen LogP contribution in [-0.4, -0.2) is 13.1 Å². The maximum atomic E-state index is 5.81. The molecular weight excluding hydrogens is 234 g/mol. The van der Waals surface area contributed by atoms with Crippen LogP contribution in [-0.2, 0) is 0 Å². The third kappa shape index (κ3) is 3.15. The first-order chi connectivity index (χ1) is 9.42. The summed E-state index contributed by atoms with van der Waals surface area (Å²) in [6.07, 6.45) is 2.58. The van der Waals surface area contributed by atoms with Crippen molar-refractivity contribution in [2.24, 2.45) is 0 Å². The Morgan fingerprint density at radius 1 is 0.789 bits per heavy atom. The van der Waals surface area contributed by atoms with Gasteiger partial charge in [0, 0.05) is 12.8 Å². The van der Waals surface area contributed by atoms with E-state index < -0.39 is 0 Å². The second-order valence-electron chi connectivity index (χ2n) is 5.12. The molecule has 3 rings (SSSR count). The van der Waals surface area contributed by atoms with Gasteiger partial charge in [0.2, 0.25) is 0 Å². The molecule has 0 radical (unpaired) electrons. The Morgan fingerprint density at radius 2 is 1.42 bits per heavy atom. The van der Waals surface area contributed by atoms with Gasteiger partial charge in [-0.25, -0.2) is 0 Å². The van der Waals surface area contributed by atoms with E-state index in [1.54, 1.807) is 0 Å². The van der Waals surface area contributed by atoms with Crippen molar-refractivity contribution in [3.05, 3.63) is 60.2 Å². The quantitative estimate of drug-likeness (QED) is 0.895. The topological polar surface area (TPSA) is 25.8 Å². The lowest BCUT2D eigenvalue weighted by Crippen LogP contribution is -2.86. The number of quaternary nitrogens is 1. The molecule has 2 aromatic carbocycles. The Hall–Kier alpha value is -1.80. The van der Waals surface area contributed by atoms with Gasteiger partial charge in [-0.15, -0.1) is 0 Å². The predicted molar refractivity (Wildman–Crippen MR) is 76.6 cm³/mol. The molecule has 0 bridgehead atoms. The summed E-state index contributed by atoms with van der Waals surface area (Å²) in [5, 5.41) is 2.41. The maximum Gasteiger partial charge on any atom is 0.127 e. The van der Waals surface area contributed by atoms with Crippen LogP contribution >= 0.6 is 0 Å². The standard InChI is InChI=1S/C17H19NO/c1-2-4-16(5-3-1)19-17-8-6-14(7-9-17)15-10-12-18-13-11-15/h1-9,15,18H,10-13H2/p+1. The molecule has 1 aliphatic rings. The summed E-state index contributed by atoms with van der Waals surface area (Å²) in [4.78, 5) is 0. The van der Waals surface area contributed by atoms with Crippen LogP contribution in [0.15, 0.2) is 54.6 Å². The van der Waals surface area contributed by atoms with E-state index in [0.29, 0.717) is 0 Å². The summed E-state index contributed by atoms with van der Waals surface area (Å²) >= 11 is 0. The van der Waals surface area contributed by atoms with Gasteiger partial charge in [-0.05, 0) is 35.7 Å². The molecule has 2 nitrogen and oxygen atoms in total. The molecule has 0 aliphatic carbocycles. The molecule has 2 N–H and O–H groups in total. The minimum atomic E-state index is 0.732. The third-order valence-corrected chi connectivity index (χ3v) is 3.77. The number of para-hydroxylation sites is 1. The van der Waals surface area contributed by atoms with Crippen molar-refractivity contribution in [1.82, 2.24) is 0 Å². The highest BCUT2D eigenvalue weighted by molar-refractivity contribution is 5.34. The first-order valence-corrected chi connectivity index (χ1v) is 7.06. The van der Waals surface area contributed by atoms with Crippen LogP contribution in [0.2, 0.25) is 0 Å². The molecule has 1 saturated heterocycles. The summed E-state index contributed by atoms with van der Waals surface area (Å²) < 4.78 is 5.81. The lowest BCUT2D eigenvalue weighted by atomic mass is 9.90. The Morgan fingerprint density at radius 3 is 2.11 bits per heavy atom. The largest absolute Gasteiger partial charge is 0.457 e. The minimum Gasteiger partial charge on any atom is -0.457 e. The van der Waals surface area contributed by atoms with E-state index in [1.165, 1.54) is 31.5 Å². The van der Waals surface area contributed by atoms with Crippen LogP contribution in [0.1, 0.15) is 24.3 Å². The van der Waals surface area contributed by atoms with Gasteiger partial charge in [-0.2, -0.15) is 0 Å². The average molecular weight is 254 g/mol. The van der Waals surface area contributed by atoms with Crippen molar-refractivity contribution in [2.75, 3.05) is 13.1 Å². The van der Waals surface area contributed by atoms with Gasteiger partial charge in [0.25, 0.3) is 0 Å². The summed E-state index contributed by atoms with van der Waals surface area (Å²) in [6.45, 7) is 2.51. The smallest absolute Gasteiger partial charge is 0.127 e. The van der Waals surface area contributed by atoms with E-state index in [1.807, 2.05) is 30.3 Å². The SMILES string of the molecule is c1ccc(Oc2ccc(C3CC[NH2+]CC3)cc2)cc1. The first-order valence-electron chi connectivity index (χ1n) is 7.06. The molecule has 0 unspecified atom stereocenters. The zero-order chi connectivity index (χ0) is 12.9. The number of ether oxygens (including phenoxy) is 1. The van der Waals surface area contributed by atoms with Crippen LogP contribution in [0, 0.1) is 0 Å². The summed E-state index contributed by atoms with van der Waals surface area (Å²) in [5.74, 6) is 2.54. The molecular formula is C17H20NO+. The Kier molecular flexibility index (Phi) is 3.80. The maximum absolute atomic E-state index is 5.81. The Labute approximate surface area is 114 Å². The van der Waals surface area contributed by atoms with Crippen molar-refractivity contribution in [3.63, 3.8) is 0 Å². The fourth-order valence-corrected chi connectivity index (χ4v) is 2.69. The monoisotopic (exact) mass is 254 g/mol. The zero-order valence-corrected chi connectivity index (χ0v) is 11.1. The molecule has 98 valence electrons. The van der Waals surface area contributed by atoms with E-state index in [2.05, 4.69) is 29.6 Å². The van der Waals surface area contributed by atoms with E-state index >= 15 is 0 Å². The van der Waals surface area contributed by atoms with Gasteiger partial charge in [0.05, 0.1) is 13.1 Å². The molecule has 0 atom stereocenters. The van der Waals surface area contributed by atoms with Gasteiger partial charge in [-0.3, -0.25) is 0 Å². The highest BCUT2D eigenvalue weighted by Crippen LogP contribution is 2.27. The van der Waals surface area contributed by atoms with Gasteiger partial charge in [0.15, 0.2) is 0 Å². The second kappa shape index (κ2) is 5.89. The molecule has 2 aromatic rings. The third-order valence-electron chi connectivity index (χ3n) is 3.77. The van der Waals surface area contributed by atoms with Crippen molar-refractivity contribution in [2.45, 2.75) is 18.8 Å². The number of piperidine rings is 1. The van der Waals surface area contributed by atoms with Gasteiger partial charge in [-0.1, -0.05) is 30.3 Å². The van der Waals surface area contributed by atoms with Gasteiger partial charge in [0.1, 0.15) is 11.5 Å². The minimum absolute atomic E-state index is 0.732. The molecule has 19 heavy (non-hydrogen) atoms. The average Bonchev–Trinajstić information content (AvgIpc) is 2.50. The Balaban J connectivity index is 1.68. The number of rotatable bonds is 3. The highest BCUT2D eigenvalue weighted by Gasteiger charge is 2.17. The number of benzene rings is 2. The van der Waals surface area contributed by atoms with Crippen LogP contribution in [0.25, 0.3) is 0 Å². The molecule has 0 saturated carbocycles. The predicted octanol–water partition coefficient (Wildman–Crippen LogP) is 2.92. The summed E-state index contributed by atoms with van der Waals surface area (Å²) in [6, 6.07) is 18.5. The number of hydrogen-bond donors (Lipinski definition) is 1. The molecule has 0 aromatic heterocycles. The highest BCUT2D eigenvalue weighted by atomic mass is 16.5. The fraction of sp³-hybridized carbons (Fsp3) is 0.294. The van der Waals surface area contributed by atoms with Crippen molar-refractivity contribution in [3.8, 4) is 11.5 Å². The van der Waals surface area contributed by atoms with Crippen LogP contribution in [0.5, 0.6) is 11.5 Å². The molecule has 0 amide bonds. The van der Waals surface area contributed by atoms with Gasteiger partial charge < -0.3 is 10.1 Å². The van der Waals surface area contributed by atoms with Gasteiger partial charge >= 0.3 is 0 Å². The Bertz CT molecular complexity index is 501. The summed E-state index contributed by atoms with van der Waals surface area (Å²) in [7, 11) is 0. The molecule has 0 spiro atoms. The molecule has 1 aliphatic heterocycles. The summed E-state index contributed by atoms with van der Waals surface area (Å²) in [5.41, 5.74) is 1.45. The van der Waals surface area contributed by atoms with Crippen LogP contribution < -0.4 is 10.1 Å². The zero-order valence-electron chi connectivity index (χ0n) is 11.1. The van der Waals surface area contributed by atoms with Crippen LogP contribution in [0.3, 0.4) is 0 Å². The van der Waals surface area contributed by atoms with Crippen molar-refractivity contribution >= 4 is 0 Å². The van der Waals surface area contributed by atoms with E-state index in [-0.39, 0.29) is 0 Å². The fourth-order valence-electron chi connectivity index (χ4n) is 2.69. The lowest BCUT2D eigenvalue weighted by molar-refractivity contribution is -0.663. The van der Waals surface area contributed by atoms with Crippen LogP contribution in [0.4, 0.5) is 0 Å². The number of nitrogens with two attached hydrogens (primary N) is 1. The van der Waals surface area contributed by atoms with Crippen molar-refractivity contribution < 1.29 is 10.1 Å². The lowest BCUT2D eigenvalue weighted by Gasteiger charge is -2.20. The first kappa shape index (κ1) is 12.2. The normalized spacial score (nSPS) is 16.2. The second-order valence-corrected chi connectivity index (χ2v) is 5.12. The molecule has 1 fully saturated rings. The van der Waals surface area contributed by atoms with E-state index in [0.717, 1.165) is 17.4 Å².